The van der Waals surface area contributed by atoms with Crippen molar-refractivity contribution in [3.05, 3.63) is 35.9 Å². The quantitative estimate of drug-likeness (QED) is 0.329. The number of hydrogen-bond donors (Lipinski definition) is 2. The molecule has 1 saturated carbocycles. The minimum absolute atomic E-state index is 0.674. The Kier molecular flexibility index (Phi) is 9.11. The van der Waals surface area contributed by atoms with Gasteiger partial charge in [0.05, 0.1) is 0 Å². The molecule has 1 aromatic rings. The van der Waals surface area contributed by atoms with E-state index in [9.17, 15) is 0 Å². The lowest BCUT2D eigenvalue weighted by Crippen LogP contribution is -2.38. The van der Waals surface area contributed by atoms with Crippen molar-refractivity contribution >= 4 is 5.96 Å². The SMILES string of the molecule is CCNC(=NCC1CCN(CCc2ccccc2)C1)NCCCOCC1CC1. The summed E-state index contributed by atoms with van der Waals surface area (Å²) in [4.78, 5) is 7.42. The molecule has 1 heterocycles. The molecule has 3 rings (SSSR count). The van der Waals surface area contributed by atoms with Gasteiger partial charge in [-0.3, -0.25) is 4.99 Å². The third kappa shape index (κ3) is 8.19. The minimum atomic E-state index is 0.674. The maximum atomic E-state index is 5.70. The Morgan fingerprint density at radius 3 is 2.79 bits per heavy atom. The van der Waals surface area contributed by atoms with Crippen LogP contribution in [0.15, 0.2) is 35.3 Å². The van der Waals surface area contributed by atoms with Crippen LogP contribution in [-0.2, 0) is 11.2 Å². The number of hydrogen-bond acceptors (Lipinski definition) is 3. The topological polar surface area (TPSA) is 48.9 Å². The third-order valence-corrected chi connectivity index (χ3v) is 5.59. The highest BCUT2D eigenvalue weighted by molar-refractivity contribution is 5.79. The van der Waals surface area contributed by atoms with E-state index in [1.54, 1.807) is 0 Å². The first kappa shape index (κ1) is 21.1. The second-order valence-electron chi connectivity index (χ2n) is 8.21. The molecule has 1 aliphatic heterocycles. The van der Waals surface area contributed by atoms with E-state index in [2.05, 4.69) is 52.8 Å². The van der Waals surface area contributed by atoms with E-state index in [-0.39, 0.29) is 0 Å². The van der Waals surface area contributed by atoms with Crippen LogP contribution in [0.25, 0.3) is 0 Å². The molecule has 1 aliphatic carbocycles. The number of benzene rings is 1. The lowest BCUT2D eigenvalue weighted by Gasteiger charge is -2.16. The molecule has 5 heteroatoms. The maximum absolute atomic E-state index is 5.70. The lowest BCUT2D eigenvalue weighted by molar-refractivity contribution is 0.123. The van der Waals surface area contributed by atoms with Crippen molar-refractivity contribution in [3.63, 3.8) is 0 Å². The second-order valence-corrected chi connectivity index (χ2v) is 8.21. The van der Waals surface area contributed by atoms with Crippen LogP contribution in [-0.4, -0.2) is 63.3 Å². The van der Waals surface area contributed by atoms with Crippen LogP contribution in [0.5, 0.6) is 0 Å². The van der Waals surface area contributed by atoms with Crippen molar-refractivity contribution in [2.24, 2.45) is 16.8 Å². The Balaban J connectivity index is 1.29. The number of guanidine groups is 1. The minimum Gasteiger partial charge on any atom is -0.381 e. The van der Waals surface area contributed by atoms with Crippen LogP contribution in [0, 0.1) is 11.8 Å². The van der Waals surface area contributed by atoms with E-state index < -0.39 is 0 Å². The van der Waals surface area contributed by atoms with Gasteiger partial charge in [0, 0.05) is 45.9 Å². The molecule has 0 bridgehead atoms. The molecule has 5 nitrogen and oxygen atoms in total. The maximum Gasteiger partial charge on any atom is 0.191 e. The van der Waals surface area contributed by atoms with Gasteiger partial charge >= 0.3 is 0 Å². The summed E-state index contributed by atoms with van der Waals surface area (Å²) in [5.74, 6) is 2.48. The molecule has 1 unspecified atom stereocenters. The summed E-state index contributed by atoms with van der Waals surface area (Å²) in [7, 11) is 0. The summed E-state index contributed by atoms with van der Waals surface area (Å²) in [5.41, 5.74) is 1.43. The van der Waals surface area contributed by atoms with Gasteiger partial charge in [0.1, 0.15) is 0 Å². The molecule has 156 valence electrons. The monoisotopic (exact) mass is 386 g/mol. The van der Waals surface area contributed by atoms with Gasteiger partial charge in [0.25, 0.3) is 0 Å². The number of nitrogens with one attached hydrogen (secondary N) is 2. The zero-order valence-electron chi connectivity index (χ0n) is 17.5. The number of rotatable bonds is 12. The fraction of sp³-hybridized carbons (Fsp3) is 0.696. The summed E-state index contributed by atoms with van der Waals surface area (Å²) < 4.78 is 5.70. The molecule has 0 amide bonds. The standard InChI is InChI=1S/C23H38N4O/c1-2-24-23(25-13-6-16-28-19-21-9-10-21)26-17-22-12-15-27(18-22)14-11-20-7-4-3-5-8-20/h3-5,7-8,21-22H,2,6,9-19H2,1H3,(H2,24,25,26). The van der Waals surface area contributed by atoms with Gasteiger partial charge in [-0.25, -0.2) is 0 Å². The van der Waals surface area contributed by atoms with Crippen molar-refractivity contribution in [1.82, 2.24) is 15.5 Å². The van der Waals surface area contributed by atoms with Crippen LogP contribution in [0.4, 0.5) is 0 Å². The highest BCUT2D eigenvalue weighted by atomic mass is 16.5. The van der Waals surface area contributed by atoms with Gasteiger partial charge in [0.15, 0.2) is 5.96 Å². The third-order valence-electron chi connectivity index (χ3n) is 5.59. The first-order chi connectivity index (χ1) is 13.8. The summed E-state index contributed by atoms with van der Waals surface area (Å²) in [6.45, 7) is 10.2. The molecule has 1 aromatic carbocycles. The van der Waals surface area contributed by atoms with Crippen LogP contribution in [0.2, 0.25) is 0 Å². The summed E-state index contributed by atoms with van der Waals surface area (Å²) in [5, 5.41) is 6.82. The van der Waals surface area contributed by atoms with Gasteiger partial charge in [-0.1, -0.05) is 30.3 Å². The highest BCUT2D eigenvalue weighted by Gasteiger charge is 2.22. The predicted octanol–water partition coefficient (Wildman–Crippen LogP) is 2.92. The first-order valence-corrected chi connectivity index (χ1v) is 11.2. The van der Waals surface area contributed by atoms with E-state index >= 15 is 0 Å². The molecule has 28 heavy (non-hydrogen) atoms. The molecule has 0 radical (unpaired) electrons. The molecule has 2 fully saturated rings. The zero-order valence-corrected chi connectivity index (χ0v) is 17.5. The zero-order chi connectivity index (χ0) is 19.4. The highest BCUT2D eigenvalue weighted by Crippen LogP contribution is 2.28. The molecule has 2 aliphatic rings. The number of aliphatic imine (C=N–C) groups is 1. The average Bonchev–Trinajstić information content (AvgIpc) is 3.44. The van der Waals surface area contributed by atoms with Crippen molar-refractivity contribution in [2.45, 2.75) is 39.0 Å². The average molecular weight is 387 g/mol. The fourth-order valence-electron chi connectivity index (χ4n) is 3.67. The Bertz CT molecular complexity index is 573. The Morgan fingerprint density at radius 2 is 2.00 bits per heavy atom. The molecule has 1 saturated heterocycles. The molecule has 2 N–H and O–H groups in total. The van der Waals surface area contributed by atoms with E-state index in [0.717, 1.165) is 64.1 Å². The number of likely N-dealkylation sites (tertiary alicyclic amines) is 1. The van der Waals surface area contributed by atoms with Crippen molar-refractivity contribution in [2.75, 3.05) is 52.5 Å². The molecular formula is C23H38N4O. The van der Waals surface area contributed by atoms with Crippen molar-refractivity contribution < 1.29 is 4.74 Å². The van der Waals surface area contributed by atoms with Gasteiger partial charge in [0.2, 0.25) is 0 Å². The van der Waals surface area contributed by atoms with Crippen LogP contribution in [0.3, 0.4) is 0 Å². The second kappa shape index (κ2) is 12.1. The van der Waals surface area contributed by atoms with Gasteiger partial charge < -0.3 is 20.3 Å². The predicted molar refractivity (Wildman–Crippen MR) is 117 cm³/mol. The summed E-state index contributed by atoms with van der Waals surface area (Å²) in [6, 6.07) is 10.8. The largest absolute Gasteiger partial charge is 0.381 e. The van der Waals surface area contributed by atoms with Gasteiger partial charge in [-0.2, -0.15) is 0 Å². The smallest absolute Gasteiger partial charge is 0.191 e. The first-order valence-electron chi connectivity index (χ1n) is 11.2. The fourth-order valence-corrected chi connectivity index (χ4v) is 3.67. The Hall–Kier alpha value is -1.59. The Labute approximate surface area is 170 Å². The number of nitrogens with zero attached hydrogens (tertiary/aromatic N) is 2. The van der Waals surface area contributed by atoms with Crippen LogP contribution in [0.1, 0.15) is 38.2 Å². The van der Waals surface area contributed by atoms with E-state index in [1.807, 2.05) is 0 Å². The van der Waals surface area contributed by atoms with E-state index in [0.29, 0.717) is 5.92 Å². The Morgan fingerprint density at radius 1 is 1.14 bits per heavy atom. The molecular weight excluding hydrogens is 348 g/mol. The normalized spacial score (nSPS) is 20.5. The number of ether oxygens (including phenoxy) is 1. The van der Waals surface area contributed by atoms with Crippen LogP contribution < -0.4 is 10.6 Å². The molecule has 0 aromatic heterocycles. The lowest BCUT2D eigenvalue weighted by atomic mass is 10.1. The van der Waals surface area contributed by atoms with E-state index in [1.165, 1.54) is 37.9 Å². The van der Waals surface area contributed by atoms with E-state index in [4.69, 9.17) is 9.73 Å². The van der Waals surface area contributed by atoms with Gasteiger partial charge in [-0.05, 0) is 63.0 Å². The van der Waals surface area contributed by atoms with Crippen LogP contribution >= 0.6 is 0 Å². The van der Waals surface area contributed by atoms with Crippen molar-refractivity contribution in [3.8, 4) is 0 Å². The summed E-state index contributed by atoms with van der Waals surface area (Å²) in [6.07, 6.45) is 6.16. The molecule has 0 spiro atoms. The molecule has 1 atom stereocenters. The summed E-state index contributed by atoms with van der Waals surface area (Å²) >= 11 is 0. The van der Waals surface area contributed by atoms with Crippen molar-refractivity contribution in [1.29, 1.82) is 0 Å². The van der Waals surface area contributed by atoms with Gasteiger partial charge in [-0.15, -0.1) is 0 Å².